The number of nitrogens with two attached hydrogens (primary N) is 1. The monoisotopic (exact) mass is 299 g/mol. The first-order chi connectivity index (χ1) is 8.94. The molecule has 0 aromatic heterocycles. The second kappa shape index (κ2) is 6.80. The highest BCUT2D eigenvalue weighted by molar-refractivity contribution is 7.98. The van der Waals surface area contributed by atoms with Crippen molar-refractivity contribution < 1.29 is 8.42 Å². The summed E-state index contributed by atoms with van der Waals surface area (Å²) in [5.41, 5.74) is 5.98. The molecule has 0 saturated heterocycles. The van der Waals surface area contributed by atoms with Gasteiger partial charge < -0.3 is 5.73 Å². The van der Waals surface area contributed by atoms with Crippen molar-refractivity contribution in [3.63, 3.8) is 0 Å². The topological polar surface area (TPSA) is 96.0 Å². The van der Waals surface area contributed by atoms with Gasteiger partial charge >= 0.3 is 0 Å². The van der Waals surface area contributed by atoms with Crippen LogP contribution < -0.4 is 10.5 Å². The molecule has 0 bridgehead atoms. The number of nitrogens with zero attached hydrogens (tertiary/aromatic N) is 1. The minimum atomic E-state index is -3.69. The quantitative estimate of drug-likeness (QED) is 0.777. The van der Waals surface area contributed by atoms with Crippen LogP contribution in [0.1, 0.15) is 18.9 Å². The average molecular weight is 299 g/mol. The van der Waals surface area contributed by atoms with Crippen molar-refractivity contribution in [2.75, 3.05) is 17.7 Å². The number of rotatable bonds is 6. The maximum Gasteiger partial charge on any atom is 0.242 e. The van der Waals surface area contributed by atoms with E-state index in [-0.39, 0.29) is 16.5 Å². The van der Waals surface area contributed by atoms with Crippen molar-refractivity contribution in [2.24, 2.45) is 0 Å². The Morgan fingerprint density at radius 2 is 2.21 bits per heavy atom. The summed E-state index contributed by atoms with van der Waals surface area (Å²) in [6.07, 6.45) is 2.61. The Kier molecular flexibility index (Phi) is 5.66. The predicted molar refractivity (Wildman–Crippen MR) is 78.4 cm³/mol. The Hall–Kier alpha value is -1.23. The molecule has 0 heterocycles. The van der Waals surface area contributed by atoms with Crippen LogP contribution >= 0.6 is 11.8 Å². The van der Waals surface area contributed by atoms with Crippen molar-refractivity contribution in [3.8, 4) is 6.07 Å². The van der Waals surface area contributed by atoms with E-state index in [1.54, 1.807) is 11.8 Å². The summed E-state index contributed by atoms with van der Waals surface area (Å²) in [6, 6.07) is 5.92. The molecule has 0 amide bonds. The Bertz CT molecular complexity index is 579. The molecule has 0 aliphatic carbocycles. The van der Waals surface area contributed by atoms with Gasteiger partial charge in [0.1, 0.15) is 6.07 Å². The molecule has 0 aliphatic rings. The van der Waals surface area contributed by atoms with Crippen LogP contribution in [0.25, 0.3) is 0 Å². The summed E-state index contributed by atoms with van der Waals surface area (Å²) in [6.45, 7) is 1.91. The van der Waals surface area contributed by atoms with Gasteiger partial charge in [0.15, 0.2) is 0 Å². The lowest BCUT2D eigenvalue weighted by atomic mass is 10.2. The molecule has 0 radical (unpaired) electrons. The Balaban J connectivity index is 3.10. The fourth-order valence-electron chi connectivity index (χ4n) is 1.59. The summed E-state index contributed by atoms with van der Waals surface area (Å²) in [5, 5.41) is 9.00. The van der Waals surface area contributed by atoms with E-state index in [4.69, 9.17) is 11.0 Å². The normalized spacial score (nSPS) is 12.9. The van der Waals surface area contributed by atoms with Crippen LogP contribution in [-0.4, -0.2) is 26.5 Å². The molecule has 0 aliphatic heterocycles. The first-order valence-electron chi connectivity index (χ1n) is 5.75. The average Bonchev–Trinajstić information content (AvgIpc) is 2.37. The van der Waals surface area contributed by atoms with Crippen molar-refractivity contribution >= 4 is 27.5 Å². The van der Waals surface area contributed by atoms with E-state index in [9.17, 15) is 8.42 Å². The lowest BCUT2D eigenvalue weighted by Crippen LogP contribution is -2.36. The molecule has 0 saturated carbocycles. The number of hydrogen-bond acceptors (Lipinski definition) is 5. The van der Waals surface area contributed by atoms with Crippen LogP contribution in [-0.2, 0) is 10.0 Å². The molecule has 3 N–H and O–H groups in total. The van der Waals surface area contributed by atoms with Gasteiger partial charge in [-0.25, -0.2) is 13.1 Å². The predicted octanol–water partition coefficient (Wildman–Crippen LogP) is 1.56. The van der Waals surface area contributed by atoms with E-state index >= 15 is 0 Å². The zero-order valence-electron chi connectivity index (χ0n) is 10.9. The molecule has 1 aromatic rings. The second-order valence-corrected chi connectivity index (χ2v) is 6.64. The van der Waals surface area contributed by atoms with Crippen molar-refractivity contribution in [1.29, 1.82) is 5.26 Å². The first-order valence-corrected chi connectivity index (χ1v) is 8.63. The van der Waals surface area contributed by atoms with Gasteiger partial charge in [0.2, 0.25) is 10.0 Å². The SMILES string of the molecule is CCC(CSC)NS(=O)(=O)c1ccc(N)cc1C#N. The van der Waals surface area contributed by atoms with Gasteiger partial charge in [-0.15, -0.1) is 0 Å². The zero-order valence-corrected chi connectivity index (χ0v) is 12.5. The van der Waals surface area contributed by atoms with Crippen LogP contribution in [0.4, 0.5) is 5.69 Å². The number of nitrogen functional groups attached to an aromatic ring is 1. The molecule has 0 fully saturated rings. The molecule has 7 heteroatoms. The number of sulfonamides is 1. The molecule has 1 unspecified atom stereocenters. The molecule has 0 spiro atoms. The largest absolute Gasteiger partial charge is 0.399 e. The third-order valence-electron chi connectivity index (χ3n) is 2.60. The highest BCUT2D eigenvalue weighted by Gasteiger charge is 2.22. The van der Waals surface area contributed by atoms with Crippen molar-refractivity contribution in [3.05, 3.63) is 23.8 Å². The molecule has 1 rings (SSSR count). The van der Waals surface area contributed by atoms with Gasteiger partial charge in [0, 0.05) is 17.5 Å². The fraction of sp³-hybridized carbons (Fsp3) is 0.417. The van der Waals surface area contributed by atoms with Crippen LogP contribution in [0, 0.1) is 11.3 Å². The number of hydrogen-bond donors (Lipinski definition) is 2. The van der Waals surface area contributed by atoms with Gasteiger partial charge in [-0.3, -0.25) is 0 Å². The van der Waals surface area contributed by atoms with Gasteiger partial charge in [0.25, 0.3) is 0 Å². The van der Waals surface area contributed by atoms with E-state index in [2.05, 4.69) is 4.72 Å². The van der Waals surface area contributed by atoms with Crippen LogP contribution in [0.5, 0.6) is 0 Å². The first kappa shape index (κ1) is 15.8. The van der Waals surface area contributed by atoms with Crippen molar-refractivity contribution in [2.45, 2.75) is 24.3 Å². The minimum Gasteiger partial charge on any atom is -0.399 e. The number of thioether (sulfide) groups is 1. The van der Waals surface area contributed by atoms with E-state index in [1.807, 2.05) is 19.2 Å². The third-order valence-corrected chi connectivity index (χ3v) is 4.91. The van der Waals surface area contributed by atoms with E-state index in [0.29, 0.717) is 17.9 Å². The van der Waals surface area contributed by atoms with Gasteiger partial charge in [0.05, 0.1) is 10.5 Å². The third kappa shape index (κ3) is 4.13. The standard InChI is InChI=1S/C12H17N3O2S2/c1-3-11(8-18-2)15-19(16,17)12-5-4-10(14)6-9(12)7-13/h4-6,11,15H,3,8,14H2,1-2H3. The van der Waals surface area contributed by atoms with Crippen LogP contribution in [0.3, 0.4) is 0 Å². The second-order valence-electron chi connectivity index (χ2n) is 4.05. The smallest absolute Gasteiger partial charge is 0.242 e. The lowest BCUT2D eigenvalue weighted by Gasteiger charge is -2.16. The summed E-state index contributed by atoms with van der Waals surface area (Å²) in [7, 11) is -3.69. The number of benzene rings is 1. The zero-order chi connectivity index (χ0) is 14.5. The summed E-state index contributed by atoms with van der Waals surface area (Å²) >= 11 is 1.57. The summed E-state index contributed by atoms with van der Waals surface area (Å²) in [5.74, 6) is 0.687. The molecular weight excluding hydrogens is 282 g/mol. The van der Waals surface area contributed by atoms with Gasteiger partial charge in [-0.1, -0.05) is 6.92 Å². The number of nitrogens with one attached hydrogen (secondary N) is 1. The van der Waals surface area contributed by atoms with Gasteiger partial charge in [-0.2, -0.15) is 17.0 Å². The summed E-state index contributed by atoms with van der Waals surface area (Å²) < 4.78 is 27.1. The Labute approximate surface area is 118 Å². The minimum absolute atomic E-state index is 0.0243. The lowest BCUT2D eigenvalue weighted by molar-refractivity contribution is 0.558. The van der Waals surface area contributed by atoms with Crippen LogP contribution in [0.15, 0.2) is 23.1 Å². The van der Waals surface area contributed by atoms with Crippen molar-refractivity contribution in [1.82, 2.24) is 4.72 Å². The summed E-state index contributed by atoms with van der Waals surface area (Å²) in [4.78, 5) is -0.0243. The van der Waals surface area contributed by atoms with Crippen LogP contribution in [0.2, 0.25) is 0 Å². The highest BCUT2D eigenvalue weighted by atomic mass is 32.2. The van der Waals surface area contributed by atoms with E-state index in [1.165, 1.54) is 18.2 Å². The maximum atomic E-state index is 12.3. The molecule has 1 atom stereocenters. The Morgan fingerprint density at radius 3 is 2.74 bits per heavy atom. The van der Waals surface area contributed by atoms with E-state index in [0.717, 1.165) is 0 Å². The van der Waals surface area contributed by atoms with Gasteiger partial charge in [-0.05, 0) is 30.9 Å². The molecular formula is C12H17N3O2S2. The van der Waals surface area contributed by atoms with E-state index < -0.39 is 10.0 Å². The maximum absolute atomic E-state index is 12.3. The molecule has 1 aromatic carbocycles. The molecule has 104 valence electrons. The number of anilines is 1. The number of nitriles is 1. The highest BCUT2D eigenvalue weighted by Crippen LogP contribution is 2.19. The fourth-order valence-corrected chi connectivity index (χ4v) is 3.87. The Morgan fingerprint density at radius 1 is 1.53 bits per heavy atom. The molecule has 19 heavy (non-hydrogen) atoms. The molecule has 5 nitrogen and oxygen atoms in total.